The molecule has 344 valence electrons. The molecule has 6 bridgehead atoms. The molecule has 2 N–H and O–H groups in total. The summed E-state index contributed by atoms with van der Waals surface area (Å²) in [6, 6.07) is 7.87. The summed E-state index contributed by atoms with van der Waals surface area (Å²) < 4.78 is 14.7. The molecule has 1 aromatic carbocycles. The van der Waals surface area contributed by atoms with E-state index in [1.54, 1.807) is 11.9 Å². The van der Waals surface area contributed by atoms with Crippen LogP contribution in [0.25, 0.3) is 33.4 Å². The van der Waals surface area contributed by atoms with Crippen LogP contribution in [0, 0.1) is 11.3 Å². The van der Waals surface area contributed by atoms with Gasteiger partial charge in [-0.3, -0.25) is 24.4 Å². The number of amides is 4. The summed E-state index contributed by atoms with van der Waals surface area (Å²) in [6.45, 7) is 13.1. The van der Waals surface area contributed by atoms with Crippen molar-refractivity contribution >= 4 is 62.0 Å². The molecule has 0 saturated carbocycles. The number of esters is 1. The Morgan fingerprint density at radius 3 is 2.61 bits per heavy atom. The molecule has 4 amide bonds. The summed E-state index contributed by atoms with van der Waals surface area (Å²) >= 11 is 5.14. The van der Waals surface area contributed by atoms with E-state index < -0.39 is 41.3 Å². The smallest absolute Gasteiger partial charge is 0.325 e. The molecule has 5 atom stereocenters. The van der Waals surface area contributed by atoms with Gasteiger partial charge in [0.25, 0.3) is 5.91 Å². The number of cyclic esters (lactones) is 1. The molecule has 3 saturated heterocycles. The van der Waals surface area contributed by atoms with Crippen LogP contribution in [0.1, 0.15) is 76.3 Å². The normalized spacial score (nSPS) is 23.5. The molecule has 17 heteroatoms. The van der Waals surface area contributed by atoms with E-state index in [1.807, 2.05) is 45.6 Å². The monoisotopic (exact) mass is 959 g/mol. The molecule has 0 spiro atoms. The first-order valence-electron chi connectivity index (χ1n) is 22.6. The van der Waals surface area contributed by atoms with Gasteiger partial charge in [-0.1, -0.05) is 49.7 Å². The van der Waals surface area contributed by atoms with Crippen LogP contribution in [0.2, 0.25) is 0 Å². The summed E-state index contributed by atoms with van der Waals surface area (Å²) in [7, 11) is 5.62. The highest BCUT2D eigenvalue weighted by Crippen LogP contribution is 2.43. The largest absolute Gasteiger partial charge is 0.464 e. The molecule has 15 nitrogen and oxygen atoms in total. The number of likely N-dealkylation sites (N-methyl/N-ethyl adjacent to an activating group) is 2. The SMILES string of the molecule is CCn1c(-c2cccnc2[C@@H]2CCCO2)c2c3cc(ccc31)-c1csc(n1)C[C@H](NC(=O)[C@H](C(C)C)N(C)C(=O)N1CC(N(C)C)C1)C(=O)N1CC(Br)C[C@H](N1)C(=O)OCC(C)(C)C2. The van der Waals surface area contributed by atoms with Gasteiger partial charge in [0, 0.05) is 96.1 Å². The zero-order chi connectivity index (χ0) is 45.6. The Morgan fingerprint density at radius 2 is 1.91 bits per heavy atom. The van der Waals surface area contributed by atoms with Crippen molar-refractivity contribution in [3.8, 4) is 22.5 Å². The number of ether oxygens (including phenoxy) is 2. The van der Waals surface area contributed by atoms with Crippen LogP contribution in [0.4, 0.5) is 4.79 Å². The van der Waals surface area contributed by atoms with E-state index in [0.717, 1.165) is 64.1 Å². The maximum Gasteiger partial charge on any atom is 0.325 e. The van der Waals surface area contributed by atoms with Gasteiger partial charge in [-0.25, -0.2) is 15.2 Å². The van der Waals surface area contributed by atoms with Crippen molar-refractivity contribution in [1.29, 1.82) is 0 Å². The van der Waals surface area contributed by atoms with Gasteiger partial charge >= 0.3 is 12.0 Å². The first-order valence-corrected chi connectivity index (χ1v) is 24.4. The number of rotatable bonds is 8. The number of hydrogen-bond acceptors (Lipinski definition) is 11. The second kappa shape index (κ2) is 18.8. The van der Waals surface area contributed by atoms with Crippen molar-refractivity contribution in [3.05, 3.63) is 58.2 Å². The standard InChI is InChI=1S/C47H62BrN9O6S/c1-9-56-37-15-14-28-18-32(37)33(42(56)31-12-10-16-49-40(31)38-13-11-17-62-38)21-47(4,5)26-63-45(60)35-19-29(48)22-57(52-35)44(59)34(20-39-50-36(28)25-64-39)51-43(58)41(27(2)3)54(8)46(61)55-23-30(24-55)53(6)7/h10,12,14-16,18,25,27,29-30,34-35,38,41,52H,9,11,13,17,19-24,26H2,1-8H3,(H,51,58)/t29?,34-,35-,38-,41-/m0/s1. The topological polar surface area (TPSA) is 154 Å². The summed E-state index contributed by atoms with van der Waals surface area (Å²) in [5.41, 5.74) is 9.61. The molecule has 1 unspecified atom stereocenters. The van der Waals surface area contributed by atoms with Gasteiger partial charge in [0.15, 0.2) is 0 Å². The van der Waals surface area contributed by atoms with Crippen molar-refractivity contribution in [2.75, 3.05) is 54.0 Å². The van der Waals surface area contributed by atoms with Gasteiger partial charge in [0.2, 0.25) is 5.91 Å². The van der Waals surface area contributed by atoms with E-state index in [1.165, 1.54) is 21.2 Å². The Balaban J connectivity index is 1.18. The second-order valence-corrected chi connectivity index (χ2v) is 21.4. The fraction of sp³-hybridized carbons (Fsp3) is 0.574. The minimum absolute atomic E-state index is 0.0913. The number of aryl methyl sites for hydroxylation is 1. The lowest BCUT2D eigenvalue weighted by Gasteiger charge is -2.45. The van der Waals surface area contributed by atoms with Crippen LogP contribution in [-0.4, -0.2) is 141 Å². The molecule has 4 aliphatic rings. The minimum atomic E-state index is -1.06. The molecular formula is C47H62BrN9O6S. The third-order valence-electron chi connectivity index (χ3n) is 13.1. The van der Waals surface area contributed by atoms with Gasteiger partial charge in [-0.2, -0.15) is 0 Å². The van der Waals surface area contributed by atoms with Crippen molar-refractivity contribution in [2.24, 2.45) is 11.3 Å². The van der Waals surface area contributed by atoms with Crippen molar-refractivity contribution in [3.63, 3.8) is 0 Å². The molecule has 8 rings (SSSR count). The van der Waals surface area contributed by atoms with Crippen LogP contribution in [0.15, 0.2) is 41.9 Å². The summed E-state index contributed by atoms with van der Waals surface area (Å²) in [5, 5.41) is 8.20. The highest BCUT2D eigenvalue weighted by atomic mass is 79.9. The van der Waals surface area contributed by atoms with E-state index in [9.17, 15) is 19.2 Å². The van der Waals surface area contributed by atoms with Crippen molar-refractivity contribution in [2.45, 2.75) is 108 Å². The average Bonchev–Trinajstić information content (AvgIpc) is 4.01. The van der Waals surface area contributed by atoms with E-state index in [4.69, 9.17) is 19.4 Å². The van der Waals surface area contributed by atoms with Gasteiger partial charge in [-0.05, 0) is 82.4 Å². The highest BCUT2D eigenvalue weighted by molar-refractivity contribution is 9.09. The number of carbonyl (C=O) groups is 4. The fourth-order valence-corrected chi connectivity index (χ4v) is 11.2. The molecule has 4 aromatic rings. The number of benzene rings is 1. The molecule has 0 radical (unpaired) electrons. The van der Waals surface area contributed by atoms with Crippen molar-refractivity contribution in [1.82, 2.24) is 45.0 Å². The predicted octanol–water partition coefficient (Wildman–Crippen LogP) is 6.04. The maximum atomic E-state index is 14.7. The second-order valence-electron chi connectivity index (χ2n) is 19.1. The van der Waals surface area contributed by atoms with Gasteiger partial charge in [-0.15, -0.1) is 11.3 Å². The number of carbonyl (C=O) groups excluding carboxylic acids is 4. The minimum Gasteiger partial charge on any atom is -0.464 e. The zero-order valence-electron chi connectivity index (χ0n) is 38.2. The molecule has 64 heavy (non-hydrogen) atoms. The zero-order valence-corrected chi connectivity index (χ0v) is 40.6. The Morgan fingerprint density at radius 1 is 1.12 bits per heavy atom. The summed E-state index contributed by atoms with van der Waals surface area (Å²) in [5.74, 6) is -1.58. The molecule has 3 aromatic heterocycles. The third-order valence-corrected chi connectivity index (χ3v) is 14.7. The quantitative estimate of drug-likeness (QED) is 0.158. The number of fused-ring (bicyclic) bond motifs is 6. The fourth-order valence-electron chi connectivity index (χ4n) is 9.65. The van der Waals surface area contributed by atoms with E-state index >= 15 is 0 Å². The van der Waals surface area contributed by atoms with E-state index in [2.05, 4.69) is 81.2 Å². The first kappa shape index (κ1) is 46.1. The molecule has 0 aliphatic carbocycles. The van der Waals surface area contributed by atoms with Crippen LogP contribution >= 0.6 is 27.3 Å². The number of nitrogens with zero attached hydrogens (tertiary/aromatic N) is 7. The Labute approximate surface area is 388 Å². The van der Waals surface area contributed by atoms with Crippen LogP contribution in [0.3, 0.4) is 0 Å². The maximum absolute atomic E-state index is 14.7. The molecular weight excluding hydrogens is 899 g/mol. The molecule has 3 fully saturated rings. The third kappa shape index (κ3) is 9.33. The number of hydrazine groups is 1. The van der Waals surface area contributed by atoms with Crippen molar-refractivity contribution < 1.29 is 28.7 Å². The summed E-state index contributed by atoms with van der Waals surface area (Å²) in [4.78, 5) is 71.9. The number of aromatic nitrogens is 3. The number of nitrogens with one attached hydrogen (secondary N) is 2. The number of hydrogen-bond donors (Lipinski definition) is 2. The van der Waals surface area contributed by atoms with Crippen LogP contribution in [0.5, 0.6) is 0 Å². The highest BCUT2D eigenvalue weighted by Gasteiger charge is 2.42. The number of pyridine rings is 1. The lowest BCUT2D eigenvalue weighted by molar-refractivity contribution is -0.155. The van der Waals surface area contributed by atoms with Gasteiger partial charge < -0.3 is 34.1 Å². The number of likely N-dealkylation sites (tertiary alicyclic amines) is 1. The first-order chi connectivity index (χ1) is 30.5. The summed E-state index contributed by atoms with van der Waals surface area (Å²) in [6.07, 6.45) is 4.74. The molecule has 4 aliphatic heterocycles. The Kier molecular flexibility index (Phi) is 13.6. The lowest BCUT2D eigenvalue weighted by Crippen LogP contribution is -2.65. The predicted molar refractivity (Wildman–Crippen MR) is 251 cm³/mol. The number of thiazole rings is 1. The number of alkyl halides is 1. The van der Waals surface area contributed by atoms with Crippen LogP contribution < -0.4 is 10.7 Å². The Bertz CT molecular complexity index is 2390. The van der Waals surface area contributed by atoms with Crippen LogP contribution in [-0.2, 0) is 43.2 Å². The van der Waals surface area contributed by atoms with E-state index in [0.29, 0.717) is 37.5 Å². The average molecular weight is 961 g/mol. The molecule has 7 heterocycles. The Hall–Kier alpha value is -4.42. The number of halogens is 1. The van der Waals surface area contributed by atoms with Gasteiger partial charge in [0.1, 0.15) is 24.2 Å². The van der Waals surface area contributed by atoms with Gasteiger partial charge in [0.05, 0.1) is 28.7 Å². The number of urea groups is 1. The lowest BCUT2D eigenvalue weighted by atomic mass is 9.84. The van der Waals surface area contributed by atoms with E-state index in [-0.39, 0.29) is 48.5 Å².